The van der Waals surface area contributed by atoms with Crippen molar-refractivity contribution in [3.8, 4) is 11.6 Å². The molecule has 37 heavy (non-hydrogen) atoms. The predicted octanol–water partition coefficient (Wildman–Crippen LogP) is 5.60. The van der Waals surface area contributed by atoms with E-state index >= 15 is 0 Å². The van der Waals surface area contributed by atoms with E-state index < -0.39 is 24.6 Å². The van der Waals surface area contributed by atoms with Crippen molar-refractivity contribution in [1.29, 1.82) is 0 Å². The molecule has 0 unspecified atom stereocenters. The van der Waals surface area contributed by atoms with E-state index in [0.29, 0.717) is 34.8 Å². The molecule has 1 aromatic heterocycles. The van der Waals surface area contributed by atoms with Crippen molar-refractivity contribution in [2.75, 3.05) is 26.4 Å². The Morgan fingerprint density at radius 3 is 2.35 bits per heavy atom. The fourth-order valence-electron chi connectivity index (χ4n) is 3.53. The monoisotopic (exact) mass is 542 g/mol. The van der Waals surface area contributed by atoms with Crippen LogP contribution in [0.25, 0.3) is 5.57 Å². The molecule has 0 atom stereocenters. The number of halogens is 4. The minimum absolute atomic E-state index is 0.0232. The average molecular weight is 543 g/mol. The van der Waals surface area contributed by atoms with E-state index in [4.69, 9.17) is 25.8 Å². The number of aromatic nitrogens is 1. The first-order valence-electron chi connectivity index (χ1n) is 11.7. The fourth-order valence-corrected chi connectivity index (χ4v) is 3.90. The quantitative estimate of drug-likeness (QED) is 0.213. The summed E-state index contributed by atoms with van der Waals surface area (Å²) in [6.07, 6.45) is -2.68. The molecule has 0 radical (unpaired) electrons. The molecule has 0 aliphatic carbocycles. The van der Waals surface area contributed by atoms with Crippen LogP contribution in [0.1, 0.15) is 43.4 Å². The number of esters is 1. The van der Waals surface area contributed by atoms with Crippen LogP contribution in [0.4, 0.5) is 13.2 Å². The molecule has 2 rings (SSSR count). The topological polar surface area (TPSA) is 86.8 Å². The molecule has 1 aromatic carbocycles. The Hall–Kier alpha value is -3.27. The predicted molar refractivity (Wildman–Crippen MR) is 134 cm³/mol. The lowest BCUT2D eigenvalue weighted by Crippen LogP contribution is -2.39. The molecule has 1 amide bonds. The number of carbonyl (C=O) groups excluding carboxylic acids is 2. The lowest BCUT2D eigenvalue weighted by molar-refractivity contribution is -0.173. The van der Waals surface area contributed by atoms with Gasteiger partial charge in [-0.25, -0.2) is 9.78 Å². The third-order valence-corrected chi connectivity index (χ3v) is 5.39. The van der Waals surface area contributed by atoms with E-state index in [2.05, 4.69) is 4.98 Å². The average Bonchev–Trinajstić information content (AvgIpc) is 2.82. The van der Waals surface area contributed by atoms with Gasteiger partial charge in [0.25, 0.3) is 0 Å². The van der Waals surface area contributed by atoms with E-state index in [1.54, 1.807) is 24.4 Å². The Labute approximate surface area is 219 Å². The zero-order chi connectivity index (χ0) is 27.6. The Balaban J connectivity index is 2.15. The van der Waals surface area contributed by atoms with Crippen LogP contribution >= 0.6 is 11.6 Å². The van der Waals surface area contributed by atoms with Crippen molar-refractivity contribution in [3.63, 3.8) is 0 Å². The maximum Gasteiger partial charge on any atom is 0.471 e. The van der Waals surface area contributed by atoms with Crippen LogP contribution in [0.2, 0.25) is 5.02 Å². The highest BCUT2D eigenvalue weighted by Gasteiger charge is 2.38. The van der Waals surface area contributed by atoms with Crippen LogP contribution in [0.15, 0.2) is 36.0 Å². The number of ether oxygens (including phenoxy) is 3. The summed E-state index contributed by atoms with van der Waals surface area (Å²) in [6.45, 7) is 7.06. The molecule has 0 spiro atoms. The van der Waals surface area contributed by atoms with Crippen molar-refractivity contribution in [1.82, 2.24) is 10.3 Å². The van der Waals surface area contributed by atoms with Crippen molar-refractivity contribution in [2.24, 2.45) is 0 Å². The maximum atomic E-state index is 12.7. The molecular weight excluding hydrogens is 513 g/mol. The summed E-state index contributed by atoms with van der Waals surface area (Å²) in [5.41, 5.74) is 2.79. The number of benzene rings is 1. The molecule has 0 bridgehead atoms. The van der Waals surface area contributed by atoms with Crippen LogP contribution in [0, 0.1) is 13.8 Å². The van der Waals surface area contributed by atoms with Crippen molar-refractivity contribution in [3.05, 3.63) is 57.7 Å². The van der Waals surface area contributed by atoms with Gasteiger partial charge < -0.3 is 19.5 Å². The van der Waals surface area contributed by atoms with E-state index in [9.17, 15) is 22.8 Å². The number of pyridine rings is 1. The van der Waals surface area contributed by atoms with Crippen molar-refractivity contribution in [2.45, 2.75) is 46.7 Å². The number of aryl methyl sites for hydroxylation is 2. The number of hydrogen-bond donors (Lipinski definition) is 1. The maximum absolute atomic E-state index is 12.7. The summed E-state index contributed by atoms with van der Waals surface area (Å²) in [5.74, 6) is -2.08. The molecule has 1 N–H and O–H groups in total. The van der Waals surface area contributed by atoms with Crippen LogP contribution in [0.5, 0.6) is 11.6 Å². The van der Waals surface area contributed by atoms with Gasteiger partial charge in [-0.2, -0.15) is 13.2 Å². The standard InChI is InChI=1S/C26H30ClF3N2O5/c1-5-7-19(20(24(33)35-6-2)15-32-25(34)26(28,29)30)18-8-9-22(31-14-18)36-10-11-37-23-17(4)12-16(3)13-21(23)27/h8-9,12-14H,5-7,10-11,15H2,1-4H3,(H,32,34)/b20-19-. The second-order valence-corrected chi connectivity index (χ2v) is 8.49. The number of rotatable bonds is 12. The molecule has 11 heteroatoms. The van der Waals surface area contributed by atoms with Crippen LogP contribution in [-0.4, -0.2) is 49.4 Å². The van der Waals surface area contributed by atoms with Gasteiger partial charge in [-0.05, 0) is 61.6 Å². The number of nitrogens with zero attached hydrogens (tertiary/aromatic N) is 1. The summed E-state index contributed by atoms with van der Waals surface area (Å²) in [7, 11) is 0. The second kappa shape index (κ2) is 13.9. The third kappa shape index (κ3) is 8.96. The second-order valence-electron chi connectivity index (χ2n) is 8.08. The Bertz CT molecular complexity index is 1100. The zero-order valence-corrected chi connectivity index (χ0v) is 21.9. The molecule has 2 aromatic rings. The molecule has 0 saturated carbocycles. The van der Waals surface area contributed by atoms with E-state index in [-0.39, 0.29) is 31.3 Å². The summed E-state index contributed by atoms with van der Waals surface area (Å²) in [6, 6.07) is 6.99. The van der Waals surface area contributed by atoms with E-state index in [1.807, 2.05) is 32.9 Å². The zero-order valence-electron chi connectivity index (χ0n) is 21.1. The number of amides is 1. The molecule has 7 nitrogen and oxygen atoms in total. The molecule has 0 saturated heterocycles. The molecule has 202 valence electrons. The first kappa shape index (κ1) is 30.0. The van der Waals surface area contributed by atoms with Gasteiger partial charge in [0.15, 0.2) is 0 Å². The fraction of sp³-hybridized carbons (Fsp3) is 0.423. The van der Waals surface area contributed by atoms with Gasteiger partial charge in [0.2, 0.25) is 5.88 Å². The third-order valence-electron chi connectivity index (χ3n) is 5.11. The largest absolute Gasteiger partial charge is 0.488 e. The summed E-state index contributed by atoms with van der Waals surface area (Å²) < 4.78 is 54.4. The van der Waals surface area contributed by atoms with E-state index in [0.717, 1.165) is 11.1 Å². The number of nitrogens with one attached hydrogen (secondary N) is 1. The number of hydrogen-bond acceptors (Lipinski definition) is 6. The van der Waals surface area contributed by atoms with Crippen molar-refractivity contribution < 1.29 is 37.0 Å². The first-order chi connectivity index (χ1) is 17.5. The van der Waals surface area contributed by atoms with Crippen molar-refractivity contribution >= 4 is 29.1 Å². The summed E-state index contributed by atoms with van der Waals surface area (Å²) >= 11 is 6.24. The number of allylic oxidation sites excluding steroid dienone is 1. The summed E-state index contributed by atoms with van der Waals surface area (Å²) in [5, 5.41) is 2.26. The molecule has 1 heterocycles. The van der Waals surface area contributed by atoms with E-state index in [1.165, 1.54) is 6.20 Å². The van der Waals surface area contributed by atoms with Gasteiger partial charge >= 0.3 is 18.1 Å². The molecule has 0 fully saturated rings. The Morgan fingerprint density at radius 1 is 1.08 bits per heavy atom. The van der Waals surface area contributed by atoms with Crippen LogP contribution in [0.3, 0.4) is 0 Å². The minimum Gasteiger partial charge on any atom is -0.488 e. The number of alkyl halides is 3. The SMILES string of the molecule is CCC/C(=C(\CNC(=O)C(F)(F)F)C(=O)OCC)c1ccc(OCCOc2c(C)cc(C)cc2Cl)nc1. The number of carbonyl (C=O) groups is 2. The highest BCUT2D eigenvalue weighted by molar-refractivity contribution is 6.32. The first-order valence-corrected chi connectivity index (χ1v) is 12.1. The van der Waals surface area contributed by atoms with Gasteiger partial charge in [0.1, 0.15) is 19.0 Å². The van der Waals surface area contributed by atoms with Gasteiger partial charge in [0, 0.05) is 12.3 Å². The molecule has 0 aliphatic rings. The highest BCUT2D eigenvalue weighted by Crippen LogP contribution is 2.30. The normalized spacial score (nSPS) is 12.0. The van der Waals surface area contributed by atoms with Gasteiger partial charge in [0.05, 0.1) is 23.7 Å². The summed E-state index contributed by atoms with van der Waals surface area (Å²) in [4.78, 5) is 28.1. The highest BCUT2D eigenvalue weighted by atomic mass is 35.5. The van der Waals surface area contributed by atoms with Gasteiger partial charge in [-0.3, -0.25) is 4.79 Å². The molecule has 0 aliphatic heterocycles. The van der Waals surface area contributed by atoms with Crippen LogP contribution in [-0.2, 0) is 14.3 Å². The van der Waals surface area contributed by atoms with Gasteiger partial charge in [-0.15, -0.1) is 0 Å². The Morgan fingerprint density at radius 2 is 1.78 bits per heavy atom. The lowest BCUT2D eigenvalue weighted by atomic mass is 9.96. The minimum atomic E-state index is -5.07. The Kier molecular flexibility index (Phi) is 11.2. The lowest BCUT2D eigenvalue weighted by Gasteiger charge is -2.16. The smallest absolute Gasteiger partial charge is 0.471 e. The van der Waals surface area contributed by atoms with Crippen LogP contribution < -0.4 is 14.8 Å². The molecular formula is C26H30ClF3N2O5. The van der Waals surface area contributed by atoms with Gasteiger partial charge in [-0.1, -0.05) is 31.0 Å².